The zero-order valence-corrected chi connectivity index (χ0v) is 6.21. The van der Waals surface area contributed by atoms with Gasteiger partial charge in [0.1, 0.15) is 0 Å². The summed E-state index contributed by atoms with van der Waals surface area (Å²) in [6, 6.07) is 0. The fraction of sp³-hybridized carbons (Fsp3) is 1.00. The average molecular weight is 141 g/mol. The molecule has 1 aliphatic heterocycles. The summed E-state index contributed by atoms with van der Waals surface area (Å²) in [4.78, 5) is 0. The van der Waals surface area contributed by atoms with E-state index in [4.69, 9.17) is 0 Å². The van der Waals surface area contributed by atoms with Gasteiger partial charge in [-0.05, 0) is 44.2 Å². The SMILES string of the molecule is OC1CC[C@@H]2CNC[C@@H]2C1. The maximum atomic E-state index is 9.33. The van der Waals surface area contributed by atoms with Gasteiger partial charge in [0.05, 0.1) is 6.10 Å². The van der Waals surface area contributed by atoms with Crippen molar-refractivity contribution in [2.24, 2.45) is 11.8 Å². The maximum absolute atomic E-state index is 9.33. The molecule has 2 aliphatic rings. The largest absolute Gasteiger partial charge is 0.393 e. The number of fused-ring (bicyclic) bond motifs is 1. The van der Waals surface area contributed by atoms with Crippen LogP contribution >= 0.6 is 0 Å². The molecule has 1 saturated carbocycles. The second-order valence-corrected chi connectivity index (χ2v) is 3.65. The average Bonchev–Trinajstić information content (AvgIpc) is 2.33. The molecule has 2 rings (SSSR count). The van der Waals surface area contributed by atoms with E-state index < -0.39 is 0 Å². The van der Waals surface area contributed by atoms with Gasteiger partial charge in [0, 0.05) is 0 Å². The second kappa shape index (κ2) is 2.51. The van der Waals surface area contributed by atoms with E-state index in [2.05, 4.69) is 5.32 Å². The quantitative estimate of drug-likeness (QED) is 0.510. The van der Waals surface area contributed by atoms with Crippen LogP contribution in [0.5, 0.6) is 0 Å². The van der Waals surface area contributed by atoms with Crippen molar-refractivity contribution < 1.29 is 5.11 Å². The Kier molecular flexibility index (Phi) is 1.66. The monoisotopic (exact) mass is 141 g/mol. The minimum atomic E-state index is 0.00106. The third-order valence-electron chi connectivity index (χ3n) is 2.93. The van der Waals surface area contributed by atoms with Crippen LogP contribution in [0.2, 0.25) is 0 Å². The molecule has 0 amide bonds. The van der Waals surface area contributed by atoms with Crippen molar-refractivity contribution >= 4 is 0 Å². The molecule has 1 aliphatic carbocycles. The van der Waals surface area contributed by atoms with Crippen molar-refractivity contribution in [2.75, 3.05) is 13.1 Å². The normalized spacial score (nSPS) is 47.1. The summed E-state index contributed by atoms with van der Waals surface area (Å²) < 4.78 is 0. The summed E-state index contributed by atoms with van der Waals surface area (Å²) in [7, 11) is 0. The first kappa shape index (κ1) is 6.62. The molecule has 0 aromatic heterocycles. The third kappa shape index (κ3) is 1.06. The van der Waals surface area contributed by atoms with Gasteiger partial charge >= 0.3 is 0 Å². The van der Waals surface area contributed by atoms with Crippen molar-refractivity contribution in [2.45, 2.75) is 25.4 Å². The van der Waals surface area contributed by atoms with Crippen LogP contribution in [0.25, 0.3) is 0 Å². The smallest absolute Gasteiger partial charge is 0.0543 e. The van der Waals surface area contributed by atoms with Crippen LogP contribution in [0, 0.1) is 11.8 Å². The molecular weight excluding hydrogens is 126 g/mol. The van der Waals surface area contributed by atoms with Gasteiger partial charge in [-0.2, -0.15) is 0 Å². The van der Waals surface area contributed by atoms with E-state index in [1.54, 1.807) is 0 Å². The highest BCUT2D eigenvalue weighted by Gasteiger charge is 2.32. The lowest BCUT2D eigenvalue weighted by Gasteiger charge is -2.27. The summed E-state index contributed by atoms with van der Waals surface area (Å²) in [5, 5.41) is 12.7. The van der Waals surface area contributed by atoms with Crippen molar-refractivity contribution in [1.29, 1.82) is 0 Å². The Morgan fingerprint density at radius 1 is 1.10 bits per heavy atom. The van der Waals surface area contributed by atoms with Gasteiger partial charge in [0.25, 0.3) is 0 Å². The Morgan fingerprint density at radius 2 is 1.90 bits per heavy atom. The molecule has 0 spiro atoms. The second-order valence-electron chi connectivity index (χ2n) is 3.65. The number of hydrogen-bond acceptors (Lipinski definition) is 2. The highest BCUT2D eigenvalue weighted by molar-refractivity contribution is 4.87. The molecule has 0 aromatic rings. The summed E-state index contributed by atoms with van der Waals surface area (Å²) in [5.41, 5.74) is 0. The lowest BCUT2D eigenvalue weighted by Crippen LogP contribution is -2.26. The molecule has 0 aromatic carbocycles. The number of hydrogen-bond donors (Lipinski definition) is 2. The molecule has 0 radical (unpaired) electrons. The zero-order chi connectivity index (χ0) is 6.97. The van der Waals surface area contributed by atoms with Crippen molar-refractivity contribution in [3.63, 3.8) is 0 Å². The number of aliphatic hydroxyl groups is 1. The molecule has 1 heterocycles. The van der Waals surface area contributed by atoms with Gasteiger partial charge < -0.3 is 10.4 Å². The molecular formula is C8H15NO. The highest BCUT2D eigenvalue weighted by Crippen LogP contribution is 2.32. The lowest BCUT2D eigenvalue weighted by molar-refractivity contribution is 0.0867. The summed E-state index contributed by atoms with van der Waals surface area (Å²) in [6.07, 6.45) is 3.31. The Bertz CT molecular complexity index is 126. The van der Waals surface area contributed by atoms with Crippen molar-refractivity contribution in [1.82, 2.24) is 5.32 Å². The fourth-order valence-electron chi connectivity index (χ4n) is 2.27. The van der Waals surface area contributed by atoms with Crippen LogP contribution in [0.15, 0.2) is 0 Å². The van der Waals surface area contributed by atoms with Crippen LogP contribution < -0.4 is 5.32 Å². The minimum absolute atomic E-state index is 0.00106. The first-order valence-electron chi connectivity index (χ1n) is 4.25. The standard InChI is InChI=1S/C8H15NO/c10-8-2-1-6-4-9-5-7(6)3-8/h6-10H,1-5H2/t6-,7+,8?/m1/s1. The lowest BCUT2D eigenvalue weighted by atomic mass is 9.80. The predicted molar refractivity (Wildman–Crippen MR) is 39.7 cm³/mol. The topological polar surface area (TPSA) is 32.3 Å². The number of aliphatic hydroxyl groups excluding tert-OH is 1. The Balaban J connectivity index is 1.96. The van der Waals surface area contributed by atoms with Gasteiger partial charge in [-0.25, -0.2) is 0 Å². The molecule has 10 heavy (non-hydrogen) atoms. The van der Waals surface area contributed by atoms with E-state index in [1.165, 1.54) is 13.0 Å². The first-order chi connectivity index (χ1) is 4.86. The van der Waals surface area contributed by atoms with Gasteiger partial charge in [-0.1, -0.05) is 0 Å². The van der Waals surface area contributed by atoms with Gasteiger partial charge in [-0.15, -0.1) is 0 Å². The summed E-state index contributed by atoms with van der Waals surface area (Å²) in [6.45, 7) is 2.33. The van der Waals surface area contributed by atoms with Gasteiger partial charge in [-0.3, -0.25) is 0 Å². The molecule has 0 bridgehead atoms. The summed E-state index contributed by atoms with van der Waals surface area (Å²) in [5.74, 6) is 1.66. The molecule has 1 unspecified atom stereocenters. The number of rotatable bonds is 0. The molecule has 3 atom stereocenters. The minimum Gasteiger partial charge on any atom is -0.393 e. The van der Waals surface area contributed by atoms with Crippen LogP contribution in [0.3, 0.4) is 0 Å². The van der Waals surface area contributed by atoms with E-state index >= 15 is 0 Å². The van der Waals surface area contributed by atoms with E-state index in [9.17, 15) is 5.11 Å². The Labute approximate surface area is 61.6 Å². The Morgan fingerprint density at radius 3 is 2.80 bits per heavy atom. The van der Waals surface area contributed by atoms with E-state index in [1.807, 2.05) is 0 Å². The highest BCUT2D eigenvalue weighted by atomic mass is 16.3. The molecule has 1 saturated heterocycles. The summed E-state index contributed by atoms with van der Waals surface area (Å²) >= 11 is 0. The van der Waals surface area contributed by atoms with Crippen LogP contribution in [0.1, 0.15) is 19.3 Å². The fourth-order valence-corrected chi connectivity index (χ4v) is 2.27. The van der Waals surface area contributed by atoms with Crippen LogP contribution in [-0.2, 0) is 0 Å². The van der Waals surface area contributed by atoms with Gasteiger partial charge in [0.15, 0.2) is 0 Å². The molecule has 2 fully saturated rings. The third-order valence-corrected chi connectivity index (χ3v) is 2.93. The van der Waals surface area contributed by atoms with E-state index in [0.29, 0.717) is 0 Å². The maximum Gasteiger partial charge on any atom is 0.0543 e. The van der Waals surface area contributed by atoms with Crippen LogP contribution in [0.4, 0.5) is 0 Å². The van der Waals surface area contributed by atoms with E-state index in [0.717, 1.165) is 31.2 Å². The molecule has 2 nitrogen and oxygen atoms in total. The first-order valence-corrected chi connectivity index (χ1v) is 4.25. The van der Waals surface area contributed by atoms with Crippen LogP contribution in [-0.4, -0.2) is 24.3 Å². The predicted octanol–water partition coefficient (Wildman–Crippen LogP) is 0.367. The molecule has 58 valence electrons. The van der Waals surface area contributed by atoms with Crippen molar-refractivity contribution in [3.8, 4) is 0 Å². The Hall–Kier alpha value is -0.0800. The molecule has 2 heteroatoms. The zero-order valence-electron chi connectivity index (χ0n) is 6.21. The number of nitrogens with one attached hydrogen (secondary N) is 1. The molecule has 2 N–H and O–H groups in total. The van der Waals surface area contributed by atoms with Gasteiger partial charge in [0.2, 0.25) is 0 Å². The van der Waals surface area contributed by atoms with E-state index in [-0.39, 0.29) is 6.10 Å². The van der Waals surface area contributed by atoms with Crippen molar-refractivity contribution in [3.05, 3.63) is 0 Å².